The molecular weight excluding hydrogens is 228 g/mol. The zero-order chi connectivity index (χ0) is 9.98. The molecule has 0 aliphatic carbocycles. The first-order chi connectivity index (χ1) is 5.54. The Hall–Kier alpha value is -1.18. The first kappa shape index (κ1) is 13.4. The van der Waals surface area contributed by atoms with Gasteiger partial charge < -0.3 is 11.6 Å². The van der Waals surface area contributed by atoms with Crippen molar-refractivity contribution in [2.75, 3.05) is 5.33 Å². The highest BCUT2D eigenvalue weighted by atomic mass is 79.9. The predicted molar refractivity (Wildman–Crippen MR) is 48.6 cm³/mol. The van der Waals surface area contributed by atoms with E-state index < -0.39 is 0 Å². The molecule has 8 heteroatoms. The summed E-state index contributed by atoms with van der Waals surface area (Å²) in [4.78, 5) is 9.77. The summed E-state index contributed by atoms with van der Waals surface area (Å²) in [7, 11) is 0. The van der Waals surface area contributed by atoms with Crippen LogP contribution in [0.3, 0.4) is 0 Å². The number of nitrogens with zero attached hydrogens (tertiary/aromatic N) is 2. The van der Waals surface area contributed by atoms with E-state index in [4.69, 9.17) is 11.1 Å². The summed E-state index contributed by atoms with van der Waals surface area (Å²) < 4.78 is 0. The van der Waals surface area contributed by atoms with E-state index in [0.717, 1.165) is 0 Å². The van der Waals surface area contributed by atoms with Crippen LogP contribution in [0.15, 0.2) is 10.4 Å². The lowest BCUT2D eigenvalue weighted by atomic mass is 10.5. The predicted octanol–water partition coefficient (Wildman–Crippen LogP) is -0.319. The van der Waals surface area contributed by atoms with Gasteiger partial charge in [0.1, 0.15) is 5.78 Å². The minimum Gasteiger partial charge on any atom is -0.369 e. The minimum atomic E-state index is -0.283. The van der Waals surface area contributed by atoms with Crippen molar-refractivity contribution in [1.29, 1.82) is 5.41 Å². The van der Waals surface area contributed by atoms with Crippen molar-refractivity contribution in [1.82, 2.24) is 5.43 Å². The molecule has 0 aromatic carbocycles. The van der Waals surface area contributed by atoms with Gasteiger partial charge in [0, 0.05) is 0 Å². The second-order valence-electron chi connectivity index (χ2n) is 1.58. The van der Waals surface area contributed by atoms with Crippen LogP contribution in [0.1, 0.15) is 6.92 Å². The molecule has 0 aliphatic rings. The zero-order valence-corrected chi connectivity index (χ0v) is 8.13. The lowest BCUT2D eigenvalue weighted by Crippen LogP contribution is -2.25. The third-order valence-corrected chi connectivity index (χ3v) is 1.21. The van der Waals surface area contributed by atoms with Gasteiger partial charge in [0.25, 0.3) is 0 Å². The largest absolute Gasteiger partial charge is 0.369 e. The van der Waals surface area contributed by atoms with Crippen molar-refractivity contribution in [3.05, 3.63) is 0 Å². The molecule has 6 N–H and O–H groups in total. The van der Waals surface area contributed by atoms with Crippen LogP contribution in [0.4, 0.5) is 0 Å². The standard InChI is InChI=1S/C3H5BrO.CH6N6/c1-3(5)2-4;2-1(3)5-7-6-4/h2H2,1H3;(H2,4,7)(H4,2,3,5,6). The molecule has 70 valence electrons. The Morgan fingerprint density at radius 2 is 2.17 bits per heavy atom. The van der Waals surface area contributed by atoms with E-state index in [9.17, 15) is 4.79 Å². The lowest BCUT2D eigenvalue weighted by molar-refractivity contribution is -0.114. The molecule has 12 heavy (non-hydrogen) atoms. The number of hydrogen-bond donors (Lipinski definition) is 4. The summed E-state index contributed by atoms with van der Waals surface area (Å²) >= 11 is 2.96. The lowest BCUT2D eigenvalue weighted by Gasteiger charge is -1.86. The average molecular weight is 239 g/mol. The summed E-state index contributed by atoms with van der Waals surface area (Å²) in [6.45, 7) is 1.54. The van der Waals surface area contributed by atoms with Crippen LogP contribution < -0.4 is 17.0 Å². The van der Waals surface area contributed by atoms with Gasteiger partial charge in [-0.25, -0.2) is 5.43 Å². The van der Waals surface area contributed by atoms with Crippen molar-refractivity contribution in [2.45, 2.75) is 6.92 Å². The van der Waals surface area contributed by atoms with Crippen LogP contribution in [0, 0.1) is 5.41 Å². The van der Waals surface area contributed by atoms with Crippen LogP contribution in [0.5, 0.6) is 0 Å². The van der Waals surface area contributed by atoms with Gasteiger partial charge in [-0.05, 0) is 12.1 Å². The fourth-order valence-electron chi connectivity index (χ4n) is 0.0827. The van der Waals surface area contributed by atoms with E-state index in [2.05, 4.69) is 32.2 Å². The molecule has 0 aliphatic heterocycles. The molecule has 0 saturated heterocycles. The van der Waals surface area contributed by atoms with Crippen molar-refractivity contribution in [3.63, 3.8) is 0 Å². The van der Waals surface area contributed by atoms with Gasteiger partial charge in [0.05, 0.1) is 5.33 Å². The molecular formula is C4H11BrN6O. The smallest absolute Gasteiger partial charge is 0.208 e. The number of nitrogens with two attached hydrogens (primary N) is 2. The fourth-order valence-corrected chi connectivity index (χ4v) is 0.0827. The number of nitrogens with one attached hydrogen (secondary N) is 2. The van der Waals surface area contributed by atoms with E-state index in [-0.39, 0.29) is 11.7 Å². The molecule has 0 aromatic heterocycles. The molecule has 0 heterocycles. The van der Waals surface area contributed by atoms with E-state index in [0.29, 0.717) is 5.33 Å². The summed E-state index contributed by atoms with van der Waals surface area (Å²) in [6.07, 6.45) is 0. The number of alkyl halides is 1. The first-order valence-corrected chi connectivity index (χ1v) is 3.92. The summed E-state index contributed by atoms with van der Waals surface area (Å²) in [6, 6.07) is 0. The van der Waals surface area contributed by atoms with Crippen molar-refractivity contribution in [3.8, 4) is 0 Å². The third-order valence-electron chi connectivity index (χ3n) is 0.416. The molecule has 0 spiro atoms. The van der Waals surface area contributed by atoms with Crippen LogP contribution >= 0.6 is 15.9 Å². The van der Waals surface area contributed by atoms with Crippen molar-refractivity contribution < 1.29 is 4.79 Å². The van der Waals surface area contributed by atoms with E-state index in [1.165, 1.54) is 6.92 Å². The Morgan fingerprint density at radius 3 is 2.25 bits per heavy atom. The second-order valence-corrected chi connectivity index (χ2v) is 2.14. The number of carbonyl (C=O) groups excluding carboxylic acids is 1. The van der Waals surface area contributed by atoms with E-state index >= 15 is 0 Å². The molecule has 0 amide bonds. The highest BCUT2D eigenvalue weighted by Crippen LogP contribution is 1.76. The Balaban J connectivity index is 0. The monoisotopic (exact) mass is 238 g/mol. The van der Waals surface area contributed by atoms with Crippen molar-refractivity contribution in [2.24, 2.45) is 22.0 Å². The zero-order valence-electron chi connectivity index (χ0n) is 6.54. The van der Waals surface area contributed by atoms with Gasteiger partial charge in [-0.15, -0.1) is 0 Å². The van der Waals surface area contributed by atoms with Crippen LogP contribution in [-0.2, 0) is 4.79 Å². The Labute approximate surface area is 78.2 Å². The summed E-state index contributed by atoms with van der Waals surface area (Å²) in [5.74, 6) is 4.41. The van der Waals surface area contributed by atoms with Gasteiger partial charge in [0.2, 0.25) is 5.96 Å². The average Bonchev–Trinajstić information content (AvgIpc) is 2.02. The Bertz CT molecular complexity index is 169. The maximum atomic E-state index is 9.77. The first-order valence-electron chi connectivity index (χ1n) is 2.80. The fraction of sp³-hybridized carbons (Fsp3) is 0.500. The van der Waals surface area contributed by atoms with E-state index in [1.54, 1.807) is 0 Å². The maximum Gasteiger partial charge on any atom is 0.208 e. The van der Waals surface area contributed by atoms with E-state index in [1.807, 2.05) is 5.43 Å². The third kappa shape index (κ3) is 23.2. The number of halogens is 1. The van der Waals surface area contributed by atoms with Crippen LogP contribution in [0.25, 0.3) is 0 Å². The van der Waals surface area contributed by atoms with Crippen LogP contribution in [-0.4, -0.2) is 17.1 Å². The van der Waals surface area contributed by atoms with Gasteiger partial charge in [0.15, 0.2) is 0 Å². The molecule has 0 unspecified atom stereocenters. The van der Waals surface area contributed by atoms with Gasteiger partial charge >= 0.3 is 0 Å². The van der Waals surface area contributed by atoms with Gasteiger partial charge in [-0.2, -0.15) is 0 Å². The number of guanidine groups is 1. The van der Waals surface area contributed by atoms with Crippen LogP contribution in [0.2, 0.25) is 0 Å². The number of carbonyl (C=O) groups is 1. The summed E-state index contributed by atoms with van der Waals surface area (Å²) in [5, 5.41) is 12.7. The van der Waals surface area contributed by atoms with Gasteiger partial charge in [-0.1, -0.05) is 21.2 Å². The number of Topliss-reactive ketones (excluding diaryl/α,β-unsaturated/α-hetero) is 1. The molecule has 0 saturated carbocycles. The maximum absolute atomic E-state index is 9.77. The van der Waals surface area contributed by atoms with Crippen molar-refractivity contribution >= 4 is 27.7 Å². The van der Waals surface area contributed by atoms with Gasteiger partial charge in [-0.3, -0.25) is 10.2 Å². The molecule has 7 nitrogen and oxygen atoms in total. The molecule has 0 atom stereocenters. The SMILES string of the molecule is CC(=O)CBr.N=C(N)NN=NN. The molecule has 0 fully saturated rings. The minimum absolute atomic E-state index is 0.171. The topological polar surface area (TPSA) is 130 Å². The number of ketones is 1. The normalized spacial score (nSPS) is 8.50. The second kappa shape index (κ2) is 9.82. The Kier molecular flexibility index (Phi) is 11.0. The molecule has 0 radical (unpaired) electrons. The molecule has 0 rings (SSSR count). The quantitative estimate of drug-likeness (QED) is 0.131. The Morgan fingerprint density at radius 1 is 1.75 bits per heavy atom. The molecule has 0 aromatic rings. The number of rotatable bonds is 2. The highest BCUT2D eigenvalue weighted by molar-refractivity contribution is 9.09. The molecule has 0 bridgehead atoms. The summed E-state index contributed by atoms with van der Waals surface area (Å²) in [5.41, 5.74) is 6.73. The number of hydrogen-bond acceptors (Lipinski definition) is 4. The highest BCUT2D eigenvalue weighted by Gasteiger charge is 1.78.